The molecule has 0 fully saturated rings. The number of nitrogens with one attached hydrogen (secondary N) is 1. The minimum atomic E-state index is -0.659. The number of esters is 2. The SMILES string of the molecule is CCOC(=O)c1c(-c2ccccc2)csc1NC(=O)COC(=O)c1ccoc1C. The Morgan fingerprint density at radius 3 is 2.48 bits per heavy atom. The predicted molar refractivity (Wildman–Crippen MR) is 108 cm³/mol. The van der Waals surface area contributed by atoms with Crippen LogP contribution in [0.25, 0.3) is 11.1 Å². The fourth-order valence-corrected chi connectivity index (χ4v) is 3.63. The summed E-state index contributed by atoms with van der Waals surface area (Å²) in [6.45, 7) is 3.04. The molecule has 3 rings (SSSR count). The van der Waals surface area contributed by atoms with Gasteiger partial charge in [0.1, 0.15) is 21.9 Å². The van der Waals surface area contributed by atoms with Crippen molar-refractivity contribution >= 4 is 34.2 Å². The third-order valence-electron chi connectivity index (χ3n) is 4.02. The van der Waals surface area contributed by atoms with Crippen molar-refractivity contribution in [2.24, 2.45) is 0 Å². The van der Waals surface area contributed by atoms with Gasteiger partial charge in [0, 0.05) is 10.9 Å². The van der Waals surface area contributed by atoms with Crippen LogP contribution in [0.3, 0.4) is 0 Å². The van der Waals surface area contributed by atoms with E-state index in [1.807, 2.05) is 30.3 Å². The smallest absolute Gasteiger partial charge is 0.342 e. The van der Waals surface area contributed by atoms with Crippen molar-refractivity contribution in [2.45, 2.75) is 13.8 Å². The molecule has 0 aliphatic heterocycles. The molecular formula is C21H19NO6S. The number of rotatable bonds is 7. The molecule has 8 heteroatoms. The number of hydrogen-bond donors (Lipinski definition) is 1. The summed E-state index contributed by atoms with van der Waals surface area (Å²) < 4.78 is 15.2. The molecule has 150 valence electrons. The van der Waals surface area contributed by atoms with Gasteiger partial charge in [0.25, 0.3) is 5.91 Å². The second-order valence-electron chi connectivity index (χ2n) is 5.95. The molecular weight excluding hydrogens is 394 g/mol. The van der Waals surface area contributed by atoms with Crippen LogP contribution in [0.5, 0.6) is 0 Å². The Balaban J connectivity index is 1.75. The molecule has 2 aromatic heterocycles. The number of aryl methyl sites for hydroxylation is 1. The lowest BCUT2D eigenvalue weighted by atomic mass is 10.0. The van der Waals surface area contributed by atoms with Crippen LogP contribution < -0.4 is 5.32 Å². The molecule has 29 heavy (non-hydrogen) atoms. The van der Waals surface area contributed by atoms with Crippen molar-refractivity contribution in [1.29, 1.82) is 0 Å². The fourth-order valence-electron chi connectivity index (χ4n) is 2.65. The fraction of sp³-hybridized carbons (Fsp3) is 0.190. The van der Waals surface area contributed by atoms with Crippen molar-refractivity contribution in [3.05, 3.63) is 64.9 Å². The van der Waals surface area contributed by atoms with E-state index in [0.29, 0.717) is 16.3 Å². The van der Waals surface area contributed by atoms with Crippen molar-refractivity contribution < 1.29 is 28.3 Å². The molecule has 7 nitrogen and oxygen atoms in total. The lowest BCUT2D eigenvalue weighted by molar-refractivity contribution is -0.119. The van der Waals surface area contributed by atoms with E-state index in [0.717, 1.165) is 5.56 Å². The zero-order chi connectivity index (χ0) is 20.8. The van der Waals surface area contributed by atoms with E-state index in [2.05, 4.69) is 5.32 Å². The molecule has 0 bridgehead atoms. The maximum absolute atomic E-state index is 12.5. The van der Waals surface area contributed by atoms with Gasteiger partial charge in [0.2, 0.25) is 0 Å². The second kappa shape index (κ2) is 9.20. The molecule has 1 aromatic carbocycles. The molecule has 1 amide bonds. The average Bonchev–Trinajstić information content (AvgIpc) is 3.33. The van der Waals surface area contributed by atoms with Crippen LogP contribution in [0.2, 0.25) is 0 Å². The van der Waals surface area contributed by atoms with E-state index in [-0.39, 0.29) is 17.7 Å². The van der Waals surface area contributed by atoms with E-state index in [9.17, 15) is 14.4 Å². The summed E-state index contributed by atoms with van der Waals surface area (Å²) in [6.07, 6.45) is 1.37. The van der Waals surface area contributed by atoms with E-state index in [4.69, 9.17) is 13.9 Å². The van der Waals surface area contributed by atoms with E-state index >= 15 is 0 Å². The topological polar surface area (TPSA) is 94.8 Å². The lowest BCUT2D eigenvalue weighted by Gasteiger charge is -2.09. The highest BCUT2D eigenvalue weighted by molar-refractivity contribution is 7.15. The Morgan fingerprint density at radius 1 is 1.07 bits per heavy atom. The molecule has 2 heterocycles. The maximum atomic E-state index is 12.5. The van der Waals surface area contributed by atoms with E-state index in [1.165, 1.54) is 23.7 Å². The van der Waals surface area contributed by atoms with Crippen LogP contribution in [0.4, 0.5) is 5.00 Å². The highest BCUT2D eigenvalue weighted by Crippen LogP contribution is 2.36. The first-order chi connectivity index (χ1) is 14.0. The van der Waals surface area contributed by atoms with Crippen LogP contribution in [-0.4, -0.2) is 31.1 Å². The first kappa shape index (κ1) is 20.3. The van der Waals surface area contributed by atoms with E-state index in [1.54, 1.807) is 19.2 Å². The summed E-state index contributed by atoms with van der Waals surface area (Å²) in [7, 11) is 0. The van der Waals surface area contributed by atoms with Crippen LogP contribution in [-0.2, 0) is 14.3 Å². The average molecular weight is 413 g/mol. The van der Waals surface area contributed by atoms with Crippen molar-refractivity contribution in [2.75, 3.05) is 18.5 Å². The maximum Gasteiger partial charge on any atom is 0.342 e. The molecule has 0 unspecified atom stereocenters. The number of hydrogen-bond acceptors (Lipinski definition) is 7. The van der Waals surface area contributed by atoms with Crippen molar-refractivity contribution in [1.82, 2.24) is 0 Å². The number of thiophene rings is 1. The molecule has 0 radical (unpaired) electrons. The Morgan fingerprint density at radius 2 is 1.83 bits per heavy atom. The zero-order valence-corrected chi connectivity index (χ0v) is 16.7. The van der Waals surface area contributed by atoms with Gasteiger partial charge in [-0.3, -0.25) is 4.79 Å². The van der Waals surface area contributed by atoms with Gasteiger partial charge >= 0.3 is 11.9 Å². The minimum absolute atomic E-state index is 0.206. The molecule has 1 N–H and O–H groups in total. The summed E-state index contributed by atoms with van der Waals surface area (Å²) in [6, 6.07) is 10.8. The molecule has 0 aliphatic carbocycles. The Bertz CT molecular complexity index is 1020. The number of benzene rings is 1. The lowest BCUT2D eigenvalue weighted by Crippen LogP contribution is -2.21. The molecule has 0 spiro atoms. The molecule has 0 saturated carbocycles. The van der Waals surface area contributed by atoms with Crippen molar-refractivity contribution in [3.63, 3.8) is 0 Å². The van der Waals surface area contributed by atoms with Crippen LogP contribution >= 0.6 is 11.3 Å². The summed E-state index contributed by atoms with van der Waals surface area (Å²) >= 11 is 1.20. The largest absolute Gasteiger partial charge is 0.469 e. The first-order valence-electron chi connectivity index (χ1n) is 8.86. The molecule has 3 aromatic rings. The highest BCUT2D eigenvalue weighted by atomic mass is 32.1. The third-order valence-corrected chi connectivity index (χ3v) is 4.92. The Hall–Kier alpha value is -3.39. The summed E-state index contributed by atoms with van der Waals surface area (Å²) in [5.41, 5.74) is 2.02. The number of anilines is 1. The first-order valence-corrected chi connectivity index (χ1v) is 9.74. The van der Waals surface area contributed by atoms with Crippen molar-refractivity contribution in [3.8, 4) is 11.1 Å². The summed E-state index contributed by atoms with van der Waals surface area (Å²) in [5.74, 6) is -1.35. The van der Waals surface area contributed by atoms with Gasteiger partial charge in [-0.1, -0.05) is 30.3 Å². The number of ether oxygens (including phenoxy) is 2. The zero-order valence-electron chi connectivity index (χ0n) is 15.9. The normalized spacial score (nSPS) is 10.4. The monoisotopic (exact) mass is 413 g/mol. The molecule has 0 saturated heterocycles. The van der Waals surface area contributed by atoms with Gasteiger partial charge in [0.15, 0.2) is 6.61 Å². The van der Waals surface area contributed by atoms with Crippen LogP contribution in [0.15, 0.2) is 52.5 Å². The third kappa shape index (κ3) is 4.72. The van der Waals surface area contributed by atoms with Gasteiger partial charge < -0.3 is 19.2 Å². The number of carbonyl (C=O) groups is 3. The Kier molecular flexibility index (Phi) is 6.46. The van der Waals surface area contributed by atoms with Gasteiger partial charge in [-0.15, -0.1) is 11.3 Å². The predicted octanol–water partition coefficient (Wildman–Crippen LogP) is 4.29. The van der Waals surface area contributed by atoms with Gasteiger partial charge in [0.05, 0.1) is 12.9 Å². The van der Waals surface area contributed by atoms with Gasteiger partial charge in [-0.25, -0.2) is 9.59 Å². The quantitative estimate of drug-likeness (QED) is 0.581. The summed E-state index contributed by atoms with van der Waals surface area (Å²) in [4.78, 5) is 36.8. The van der Waals surface area contributed by atoms with E-state index < -0.39 is 24.5 Å². The van der Waals surface area contributed by atoms with Gasteiger partial charge in [-0.2, -0.15) is 0 Å². The summed E-state index contributed by atoms with van der Waals surface area (Å²) in [5, 5.41) is 4.75. The Labute approximate surface area is 171 Å². The highest BCUT2D eigenvalue weighted by Gasteiger charge is 2.23. The van der Waals surface area contributed by atoms with Crippen LogP contribution in [0.1, 0.15) is 33.4 Å². The number of carbonyl (C=O) groups excluding carboxylic acids is 3. The standard InChI is InChI=1S/C21H19NO6S/c1-3-26-21(25)18-16(14-7-5-4-6-8-14)12-29-19(18)22-17(23)11-28-20(24)15-9-10-27-13(15)2/h4-10,12H,3,11H2,1-2H3,(H,22,23). The van der Waals surface area contributed by atoms with Crippen LogP contribution in [0, 0.1) is 6.92 Å². The van der Waals surface area contributed by atoms with Gasteiger partial charge in [-0.05, 0) is 25.5 Å². The number of furan rings is 1. The second-order valence-corrected chi connectivity index (χ2v) is 6.83. The number of amides is 1. The molecule has 0 atom stereocenters. The molecule has 0 aliphatic rings. The minimum Gasteiger partial charge on any atom is -0.469 e.